The number of nitrogens with zero attached hydrogens (tertiary/aromatic N) is 4. The van der Waals surface area contributed by atoms with E-state index in [1.54, 1.807) is 18.3 Å². The van der Waals surface area contributed by atoms with E-state index in [0.717, 1.165) is 53.4 Å². The van der Waals surface area contributed by atoms with E-state index < -0.39 is 10.0 Å². The van der Waals surface area contributed by atoms with Gasteiger partial charge in [0.1, 0.15) is 0 Å². The van der Waals surface area contributed by atoms with E-state index in [2.05, 4.69) is 87.4 Å². The largest absolute Gasteiger partial charge is 0.372 e. The molecule has 0 aliphatic carbocycles. The molecule has 2 atom stereocenters. The number of hydrogen-bond donors (Lipinski definition) is 2. The van der Waals surface area contributed by atoms with E-state index >= 15 is 0 Å². The van der Waals surface area contributed by atoms with Crippen LogP contribution >= 0.6 is 12.2 Å². The van der Waals surface area contributed by atoms with Crippen molar-refractivity contribution in [1.29, 1.82) is 0 Å². The lowest BCUT2D eigenvalue weighted by atomic mass is 9.96. The van der Waals surface area contributed by atoms with Gasteiger partial charge in [-0.25, -0.2) is 8.42 Å². The molecule has 214 valence electrons. The molecule has 2 N–H and O–H groups in total. The summed E-state index contributed by atoms with van der Waals surface area (Å²) in [4.78, 5) is 9.12. The zero-order chi connectivity index (χ0) is 29.3. The van der Waals surface area contributed by atoms with Crippen molar-refractivity contribution in [3.05, 3.63) is 102 Å². The molecule has 5 rings (SSSR count). The zero-order valence-electron chi connectivity index (χ0n) is 24.0. The second-order valence-electron chi connectivity index (χ2n) is 10.3. The Morgan fingerprint density at radius 2 is 1.63 bits per heavy atom. The molecule has 10 heteroatoms. The van der Waals surface area contributed by atoms with Crippen LogP contribution in [-0.2, 0) is 10.0 Å². The van der Waals surface area contributed by atoms with Gasteiger partial charge in [-0.3, -0.25) is 9.71 Å². The van der Waals surface area contributed by atoms with Gasteiger partial charge < -0.3 is 19.7 Å². The number of aryl methyl sites for hydroxylation is 1. The number of hydrogen-bond acceptors (Lipinski definition) is 5. The van der Waals surface area contributed by atoms with Crippen molar-refractivity contribution in [2.45, 2.75) is 39.8 Å². The van der Waals surface area contributed by atoms with Gasteiger partial charge in [-0.05, 0) is 112 Å². The van der Waals surface area contributed by atoms with Crippen LogP contribution in [0.2, 0.25) is 0 Å². The van der Waals surface area contributed by atoms with Crippen LogP contribution in [0.25, 0.3) is 5.69 Å². The molecule has 0 spiro atoms. The van der Waals surface area contributed by atoms with Crippen LogP contribution in [0.5, 0.6) is 0 Å². The fourth-order valence-corrected chi connectivity index (χ4v) is 6.65. The monoisotopic (exact) mass is 588 g/mol. The minimum atomic E-state index is -3.38. The Morgan fingerprint density at radius 1 is 0.976 bits per heavy atom. The summed E-state index contributed by atoms with van der Waals surface area (Å²) in [6, 6.07) is 23.8. The summed E-state index contributed by atoms with van der Waals surface area (Å²) in [6.07, 6.45) is 2.94. The predicted molar refractivity (Wildman–Crippen MR) is 172 cm³/mol. The smallest absolute Gasteiger partial charge is 0.229 e. The molecule has 0 radical (unpaired) electrons. The quantitative estimate of drug-likeness (QED) is 0.236. The number of aromatic nitrogens is 2. The van der Waals surface area contributed by atoms with Crippen molar-refractivity contribution in [2.75, 3.05) is 33.9 Å². The van der Waals surface area contributed by atoms with Crippen molar-refractivity contribution in [3.8, 4) is 5.69 Å². The van der Waals surface area contributed by atoms with Crippen LogP contribution in [-0.4, -0.2) is 42.4 Å². The Hall–Kier alpha value is -3.89. The Balaban J connectivity index is 1.58. The standard InChI is InChI=1S/C31H36N6O2S2/c1-6-35(7-2)24-15-17-25(18-16-24)36-21(3)20-27(22(36)4)30-29(28-10-8-9-19-32-28)33-31(40)37(30)26-13-11-23(12-14-26)34-41(5,38)39/h8-20,29-30,34H,6-7H2,1-5H3,(H,33,40)/t29-,30-/m1/s1. The third-order valence-corrected chi connectivity index (χ3v) is 8.49. The van der Waals surface area contributed by atoms with Gasteiger partial charge in [0, 0.05) is 53.4 Å². The highest BCUT2D eigenvalue weighted by Crippen LogP contribution is 2.44. The average molecular weight is 589 g/mol. The van der Waals surface area contributed by atoms with E-state index in [9.17, 15) is 8.42 Å². The molecule has 0 unspecified atom stereocenters. The van der Waals surface area contributed by atoms with Crippen LogP contribution in [0.4, 0.5) is 17.1 Å². The molecule has 1 aliphatic heterocycles. The molecular weight excluding hydrogens is 553 g/mol. The number of pyridine rings is 1. The third kappa shape index (κ3) is 5.80. The van der Waals surface area contributed by atoms with Gasteiger partial charge in [0.05, 0.1) is 24.0 Å². The number of benzene rings is 2. The maximum absolute atomic E-state index is 11.7. The highest BCUT2D eigenvalue weighted by Gasteiger charge is 2.42. The third-order valence-electron chi connectivity index (χ3n) is 7.57. The van der Waals surface area contributed by atoms with Gasteiger partial charge in [0.2, 0.25) is 10.0 Å². The molecule has 1 saturated heterocycles. The van der Waals surface area contributed by atoms with Crippen molar-refractivity contribution in [1.82, 2.24) is 14.9 Å². The van der Waals surface area contributed by atoms with Gasteiger partial charge in [0.15, 0.2) is 5.11 Å². The highest BCUT2D eigenvalue weighted by molar-refractivity contribution is 7.92. The maximum Gasteiger partial charge on any atom is 0.229 e. The van der Waals surface area contributed by atoms with Crippen molar-refractivity contribution in [2.24, 2.45) is 0 Å². The molecule has 1 aliphatic rings. The molecule has 0 bridgehead atoms. The van der Waals surface area contributed by atoms with Crippen molar-refractivity contribution >= 4 is 44.4 Å². The van der Waals surface area contributed by atoms with Crippen LogP contribution < -0.4 is 19.8 Å². The molecule has 8 nitrogen and oxygen atoms in total. The number of nitrogens with one attached hydrogen (secondary N) is 2. The number of sulfonamides is 1. The number of anilines is 3. The second-order valence-corrected chi connectivity index (χ2v) is 12.4. The Bertz CT molecular complexity index is 1630. The Morgan fingerprint density at radius 3 is 2.22 bits per heavy atom. The molecule has 41 heavy (non-hydrogen) atoms. The first-order valence-electron chi connectivity index (χ1n) is 13.7. The first kappa shape index (κ1) is 28.6. The summed E-state index contributed by atoms with van der Waals surface area (Å²) in [5, 5.41) is 4.10. The van der Waals surface area contributed by atoms with E-state index in [-0.39, 0.29) is 12.1 Å². The summed E-state index contributed by atoms with van der Waals surface area (Å²) < 4.78 is 28.3. The van der Waals surface area contributed by atoms with E-state index in [4.69, 9.17) is 12.2 Å². The second kappa shape index (κ2) is 11.5. The summed E-state index contributed by atoms with van der Waals surface area (Å²) in [7, 11) is -3.38. The van der Waals surface area contributed by atoms with Crippen LogP contribution in [0.15, 0.2) is 79.0 Å². The lowest BCUT2D eigenvalue weighted by Crippen LogP contribution is -2.29. The zero-order valence-corrected chi connectivity index (χ0v) is 25.6. The molecular formula is C31H36N6O2S2. The molecule has 1 fully saturated rings. The van der Waals surface area contributed by atoms with Crippen LogP contribution in [0.3, 0.4) is 0 Å². The summed E-state index contributed by atoms with van der Waals surface area (Å²) in [6.45, 7) is 10.5. The van der Waals surface area contributed by atoms with Crippen LogP contribution in [0.1, 0.15) is 48.6 Å². The topological polar surface area (TPSA) is 82.5 Å². The number of rotatable bonds is 9. The number of thiocarbonyl (C=S) groups is 1. The molecule has 0 amide bonds. The summed E-state index contributed by atoms with van der Waals surface area (Å²) in [5.41, 5.74) is 7.95. The lowest BCUT2D eigenvalue weighted by Gasteiger charge is -2.28. The molecule has 0 saturated carbocycles. The van der Waals surface area contributed by atoms with Crippen molar-refractivity contribution in [3.63, 3.8) is 0 Å². The van der Waals surface area contributed by atoms with Gasteiger partial charge in [0.25, 0.3) is 0 Å². The van der Waals surface area contributed by atoms with Crippen LogP contribution in [0, 0.1) is 13.8 Å². The predicted octanol–water partition coefficient (Wildman–Crippen LogP) is 5.88. The minimum Gasteiger partial charge on any atom is -0.372 e. The first-order chi connectivity index (χ1) is 19.6. The molecule has 4 aromatic rings. The van der Waals surface area contributed by atoms with E-state index in [1.807, 2.05) is 30.3 Å². The SMILES string of the molecule is CCN(CC)c1ccc(-n2c(C)cc([C@@H]3[C@@H](c4ccccn4)NC(=S)N3c3ccc(NS(C)(=O)=O)cc3)c2C)cc1. The average Bonchev–Trinajstić information content (AvgIpc) is 3.44. The highest BCUT2D eigenvalue weighted by atomic mass is 32.2. The van der Waals surface area contributed by atoms with Gasteiger partial charge >= 0.3 is 0 Å². The fraction of sp³-hybridized carbons (Fsp3) is 0.290. The minimum absolute atomic E-state index is 0.180. The summed E-state index contributed by atoms with van der Waals surface area (Å²) >= 11 is 5.90. The molecule has 3 heterocycles. The van der Waals surface area contributed by atoms with Gasteiger partial charge in [-0.1, -0.05) is 6.07 Å². The van der Waals surface area contributed by atoms with Gasteiger partial charge in [-0.2, -0.15) is 0 Å². The van der Waals surface area contributed by atoms with Crippen molar-refractivity contribution < 1.29 is 8.42 Å². The lowest BCUT2D eigenvalue weighted by molar-refractivity contribution is 0.565. The normalized spacial score (nSPS) is 17.0. The Kier molecular flexibility index (Phi) is 8.06. The fourth-order valence-electron chi connectivity index (χ4n) is 5.74. The first-order valence-corrected chi connectivity index (χ1v) is 16.0. The molecule has 2 aromatic heterocycles. The maximum atomic E-state index is 11.7. The summed E-state index contributed by atoms with van der Waals surface area (Å²) in [5.74, 6) is 0. The van der Waals surface area contributed by atoms with E-state index in [0.29, 0.717) is 10.8 Å². The van der Waals surface area contributed by atoms with E-state index in [1.165, 1.54) is 5.69 Å². The van der Waals surface area contributed by atoms with Gasteiger partial charge in [-0.15, -0.1) is 0 Å². The Labute approximate surface area is 248 Å². The molecule has 2 aromatic carbocycles.